The Morgan fingerprint density at radius 2 is 2.12 bits per heavy atom. The maximum atomic E-state index is 6.04. The van der Waals surface area contributed by atoms with Gasteiger partial charge in [0.2, 0.25) is 0 Å². The predicted molar refractivity (Wildman–Crippen MR) is 66.8 cm³/mol. The predicted octanol–water partition coefficient (Wildman–Crippen LogP) is 2.35. The van der Waals surface area contributed by atoms with E-state index in [2.05, 4.69) is 17.0 Å². The number of hydrogen-bond donors (Lipinski definition) is 1. The van der Waals surface area contributed by atoms with Crippen LogP contribution in [-0.4, -0.2) is 20.5 Å². The van der Waals surface area contributed by atoms with Gasteiger partial charge in [-0.2, -0.15) is 5.10 Å². The number of aromatic nitrogens is 3. The van der Waals surface area contributed by atoms with Crippen molar-refractivity contribution < 1.29 is 0 Å². The fourth-order valence-corrected chi connectivity index (χ4v) is 2.14. The molecule has 0 aromatic carbocycles. The first kappa shape index (κ1) is 11.0. The van der Waals surface area contributed by atoms with Crippen LogP contribution in [0.25, 0.3) is 5.69 Å². The molecule has 2 N–H and O–H groups in total. The lowest BCUT2D eigenvalue weighted by atomic mass is 10.4. The topological polar surface area (TPSA) is 56.7 Å². The molecule has 0 bridgehead atoms. The smallest absolute Gasteiger partial charge is 0.140 e. The number of anilines is 1. The van der Waals surface area contributed by atoms with Gasteiger partial charge in [0, 0.05) is 12.4 Å². The zero-order valence-corrected chi connectivity index (χ0v) is 9.94. The molecule has 2 rings (SSSR count). The Hall–Kier alpha value is -1.49. The molecule has 0 saturated heterocycles. The lowest BCUT2D eigenvalue weighted by Crippen LogP contribution is -2.01. The van der Waals surface area contributed by atoms with Gasteiger partial charge in [-0.05, 0) is 24.3 Å². The van der Waals surface area contributed by atoms with Crippen LogP contribution in [0.4, 0.5) is 5.82 Å². The van der Waals surface area contributed by atoms with Crippen molar-refractivity contribution in [3.63, 3.8) is 0 Å². The van der Waals surface area contributed by atoms with Crippen LogP contribution in [0, 0.1) is 0 Å². The highest BCUT2D eigenvalue weighted by atomic mass is 32.2. The molecular formula is C11H14N4S. The van der Waals surface area contributed by atoms with Crippen LogP contribution < -0.4 is 5.73 Å². The molecular weight excluding hydrogens is 220 g/mol. The van der Waals surface area contributed by atoms with Crippen LogP contribution in [0.3, 0.4) is 0 Å². The molecule has 2 heterocycles. The van der Waals surface area contributed by atoms with E-state index in [0.29, 0.717) is 5.82 Å². The largest absolute Gasteiger partial charge is 0.383 e. The number of pyridine rings is 1. The van der Waals surface area contributed by atoms with Gasteiger partial charge in [-0.25, -0.2) is 4.68 Å². The summed E-state index contributed by atoms with van der Waals surface area (Å²) in [5.41, 5.74) is 6.98. The molecule has 4 nitrogen and oxygen atoms in total. The van der Waals surface area contributed by atoms with Crippen LogP contribution >= 0.6 is 11.8 Å². The molecule has 0 fully saturated rings. The van der Waals surface area contributed by atoms with Crippen molar-refractivity contribution in [3.8, 4) is 5.69 Å². The Labute approximate surface area is 98.9 Å². The summed E-state index contributed by atoms with van der Waals surface area (Å²) in [6.45, 7) is 2.15. The molecule has 84 valence electrons. The molecule has 2 aromatic rings. The third-order valence-electron chi connectivity index (χ3n) is 2.14. The Bertz CT molecular complexity index is 452. The first-order valence-corrected chi connectivity index (χ1v) is 6.18. The molecule has 2 aromatic heterocycles. The van der Waals surface area contributed by atoms with Gasteiger partial charge in [-0.15, -0.1) is 11.8 Å². The minimum absolute atomic E-state index is 0.699. The van der Waals surface area contributed by atoms with Crippen LogP contribution in [0.5, 0.6) is 0 Å². The summed E-state index contributed by atoms with van der Waals surface area (Å²) in [7, 11) is 0. The second kappa shape index (κ2) is 5.03. The molecule has 0 radical (unpaired) electrons. The highest BCUT2D eigenvalue weighted by molar-refractivity contribution is 7.99. The van der Waals surface area contributed by atoms with E-state index in [0.717, 1.165) is 22.8 Å². The molecule has 0 aliphatic rings. The minimum atomic E-state index is 0.699. The molecule has 0 aliphatic heterocycles. The van der Waals surface area contributed by atoms with Gasteiger partial charge < -0.3 is 5.73 Å². The first-order valence-electron chi connectivity index (χ1n) is 5.19. The number of hydrogen-bond acceptors (Lipinski definition) is 4. The average molecular weight is 234 g/mol. The van der Waals surface area contributed by atoms with Gasteiger partial charge >= 0.3 is 0 Å². The summed E-state index contributed by atoms with van der Waals surface area (Å²) in [4.78, 5) is 5.01. The van der Waals surface area contributed by atoms with Gasteiger partial charge in [0.05, 0.1) is 16.8 Å². The van der Waals surface area contributed by atoms with E-state index in [1.165, 1.54) is 0 Å². The second-order valence-electron chi connectivity index (χ2n) is 3.36. The quantitative estimate of drug-likeness (QED) is 0.825. The van der Waals surface area contributed by atoms with E-state index < -0.39 is 0 Å². The van der Waals surface area contributed by atoms with Crippen molar-refractivity contribution in [1.82, 2.24) is 14.8 Å². The monoisotopic (exact) mass is 234 g/mol. The van der Waals surface area contributed by atoms with Gasteiger partial charge in [-0.3, -0.25) is 4.98 Å². The third kappa shape index (κ3) is 2.19. The third-order valence-corrected chi connectivity index (χ3v) is 3.38. The normalized spacial score (nSPS) is 10.6. The summed E-state index contributed by atoms with van der Waals surface area (Å²) >= 11 is 1.74. The molecule has 0 atom stereocenters. The molecule has 5 heteroatoms. The molecule has 0 saturated carbocycles. The number of thioether (sulfide) groups is 1. The van der Waals surface area contributed by atoms with E-state index in [-0.39, 0.29) is 0 Å². The maximum Gasteiger partial charge on any atom is 0.140 e. The van der Waals surface area contributed by atoms with Gasteiger partial charge in [0.1, 0.15) is 5.82 Å². The highest BCUT2D eigenvalue weighted by Gasteiger charge is 2.08. The molecule has 0 spiro atoms. The number of nitrogens with zero attached hydrogens (tertiary/aromatic N) is 3. The average Bonchev–Trinajstić information content (AvgIpc) is 2.69. The van der Waals surface area contributed by atoms with Crippen LogP contribution in [0.2, 0.25) is 0 Å². The summed E-state index contributed by atoms with van der Waals surface area (Å²) in [6.07, 6.45) is 6.41. The highest BCUT2D eigenvalue weighted by Crippen LogP contribution is 2.26. The van der Waals surface area contributed by atoms with Gasteiger partial charge in [0.15, 0.2) is 0 Å². The molecule has 0 amide bonds. The second-order valence-corrected chi connectivity index (χ2v) is 4.50. The van der Waals surface area contributed by atoms with Gasteiger partial charge in [0.25, 0.3) is 0 Å². The van der Waals surface area contributed by atoms with Crippen molar-refractivity contribution in [3.05, 3.63) is 30.7 Å². The van der Waals surface area contributed by atoms with E-state index in [1.807, 2.05) is 18.3 Å². The Balaban J connectivity index is 2.27. The molecule has 0 unspecified atom stereocenters. The lowest BCUT2D eigenvalue weighted by molar-refractivity contribution is 0.888. The van der Waals surface area contributed by atoms with Crippen molar-refractivity contribution in [1.29, 1.82) is 0 Å². The Morgan fingerprint density at radius 1 is 1.38 bits per heavy atom. The minimum Gasteiger partial charge on any atom is -0.383 e. The van der Waals surface area contributed by atoms with E-state index >= 15 is 0 Å². The number of nitrogen functional groups attached to an aromatic ring is 1. The standard InChI is InChI=1S/C11H14N4S/c1-2-7-16-10-8-14-15(11(10)12)9-3-5-13-6-4-9/h3-6,8H,2,7,12H2,1H3. The fourth-order valence-electron chi connectivity index (χ4n) is 1.36. The zero-order chi connectivity index (χ0) is 11.4. The summed E-state index contributed by atoms with van der Waals surface area (Å²) < 4.78 is 1.74. The fraction of sp³-hybridized carbons (Fsp3) is 0.273. The van der Waals surface area contributed by atoms with Crippen molar-refractivity contribution in [2.45, 2.75) is 18.2 Å². The van der Waals surface area contributed by atoms with Crippen molar-refractivity contribution >= 4 is 17.6 Å². The summed E-state index contributed by atoms with van der Waals surface area (Å²) in [5, 5.41) is 4.28. The number of nitrogens with two attached hydrogens (primary N) is 1. The van der Waals surface area contributed by atoms with Crippen molar-refractivity contribution in [2.24, 2.45) is 0 Å². The zero-order valence-electron chi connectivity index (χ0n) is 9.13. The number of rotatable bonds is 4. The van der Waals surface area contributed by atoms with Gasteiger partial charge in [-0.1, -0.05) is 6.92 Å². The van der Waals surface area contributed by atoms with Crippen LogP contribution in [-0.2, 0) is 0 Å². The lowest BCUT2D eigenvalue weighted by Gasteiger charge is -2.03. The van der Waals surface area contributed by atoms with E-state index in [4.69, 9.17) is 5.73 Å². The van der Waals surface area contributed by atoms with E-state index in [9.17, 15) is 0 Å². The first-order chi connectivity index (χ1) is 7.83. The van der Waals surface area contributed by atoms with E-state index in [1.54, 1.807) is 28.8 Å². The van der Waals surface area contributed by atoms with Crippen LogP contribution in [0.1, 0.15) is 13.3 Å². The molecule has 16 heavy (non-hydrogen) atoms. The summed E-state index contributed by atoms with van der Waals surface area (Å²) in [6, 6.07) is 3.77. The summed E-state index contributed by atoms with van der Waals surface area (Å²) in [5.74, 6) is 1.76. The van der Waals surface area contributed by atoms with Crippen molar-refractivity contribution in [2.75, 3.05) is 11.5 Å². The maximum absolute atomic E-state index is 6.04. The molecule has 0 aliphatic carbocycles. The Morgan fingerprint density at radius 3 is 2.81 bits per heavy atom. The Kier molecular flexibility index (Phi) is 3.46. The SMILES string of the molecule is CCCSc1cnn(-c2ccncc2)c1N. The van der Waals surface area contributed by atoms with Crippen LogP contribution in [0.15, 0.2) is 35.6 Å².